The summed E-state index contributed by atoms with van der Waals surface area (Å²) in [6.45, 7) is 6.21. The zero-order valence-electron chi connectivity index (χ0n) is 16.9. The number of hydrogen-bond donors (Lipinski definition) is 2. The van der Waals surface area contributed by atoms with Crippen LogP contribution in [0.1, 0.15) is 32.4 Å². The molecule has 154 valence electrons. The number of nitrogens with one attached hydrogen (secondary N) is 2. The summed E-state index contributed by atoms with van der Waals surface area (Å²) in [4.78, 5) is 31.5. The summed E-state index contributed by atoms with van der Waals surface area (Å²) in [6.07, 6.45) is 3.75. The summed E-state index contributed by atoms with van der Waals surface area (Å²) < 4.78 is 0. The lowest BCUT2D eigenvalue weighted by Crippen LogP contribution is -2.46. The Labute approximate surface area is 176 Å². The van der Waals surface area contributed by atoms with Crippen LogP contribution in [0.4, 0.5) is 5.69 Å². The number of amides is 2. The first-order chi connectivity index (χ1) is 14.0. The SMILES string of the molecule is CC(=O)Nc1ccc(SC(C)C(=O)NC2CCN(Cc3ccccn3)CC2)cc1. The van der Waals surface area contributed by atoms with Crippen LogP contribution in [0.25, 0.3) is 0 Å². The lowest BCUT2D eigenvalue weighted by atomic mass is 10.0. The van der Waals surface area contributed by atoms with Gasteiger partial charge in [0.1, 0.15) is 0 Å². The van der Waals surface area contributed by atoms with E-state index in [2.05, 4.69) is 26.6 Å². The molecule has 7 heteroatoms. The highest BCUT2D eigenvalue weighted by molar-refractivity contribution is 8.00. The van der Waals surface area contributed by atoms with E-state index in [1.807, 2.05) is 49.5 Å². The zero-order valence-corrected chi connectivity index (χ0v) is 17.7. The minimum absolute atomic E-state index is 0.0733. The lowest BCUT2D eigenvalue weighted by molar-refractivity contribution is -0.121. The molecule has 1 atom stereocenters. The molecule has 3 rings (SSSR count). The molecule has 1 unspecified atom stereocenters. The van der Waals surface area contributed by atoms with Crippen molar-refractivity contribution in [1.82, 2.24) is 15.2 Å². The summed E-state index contributed by atoms with van der Waals surface area (Å²) in [6, 6.07) is 13.8. The summed E-state index contributed by atoms with van der Waals surface area (Å²) >= 11 is 1.53. The molecule has 2 heterocycles. The van der Waals surface area contributed by atoms with E-state index in [1.165, 1.54) is 18.7 Å². The van der Waals surface area contributed by atoms with Crippen LogP contribution in [-0.2, 0) is 16.1 Å². The van der Waals surface area contributed by atoms with Gasteiger partial charge in [-0.3, -0.25) is 19.5 Å². The monoisotopic (exact) mass is 412 g/mol. The second-order valence-corrected chi connectivity index (χ2v) is 8.76. The highest BCUT2D eigenvalue weighted by atomic mass is 32.2. The Hall–Kier alpha value is -2.38. The van der Waals surface area contributed by atoms with E-state index in [9.17, 15) is 9.59 Å². The fraction of sp³-hybridized carbons (Fsp3) is 0.409. The standard InChI is InChI=1S/C22H28N4O2S/c1-16(29-21-8-6-18(7-9-21)24-17(2)27)22(28)25-19-10-13-26(14-11-19)15-20-5-3-4-12-23-20/h3-9,12,16,19H,10-11,13-15H2,1-2H3,(H,24,27)(H,25,28). The maximum atomic E-state index is 12.6. The summed E-state index contributed by atoms with van der Waals surface area (Å²) in [7, 11) is 0. The average molecular weight is 413 g/mol. The Bertz CT molecular complexity index is 805. The van der Waals surface area contributed by atoms with Crippen LogP contribution < -0.4 is 10.6 Å². The largest absolute Gasteiger partial charge is 0.352 e. The van der Waals surface area contributed by atoms with Gasteiger partial charge in [0.25, 0.3) is 0 Å². The molecular formula is C22H28N4O2S. The van der Waals surface area contributed by atoms with Gasteiger partial charge in [0.2, 0.25) is 11.8 Å². The van der Waals surface area contributed by atoms with Crippen molar-refractivity contribution in [3.63, 3.8) is 0 Å². The number of likely N-dealkylation sites (tertiary alicyclic amines) is 1. The maximum absolute atomic E-state index is 12.6. The molecule has 1 aromatic carbocycles. The third kappa shape index (κ3) is 6.87. The predicted octanol–water partition coefficient (Wildman–Crippen LogP) is 3.30. The molecule has 2 aromatic rings. The second kappa shape index (κ2) is 10.4. The van der Waals surface area contributed by atoms with Crippen molar-refractivity contribution in [2.24, 2.45) is 0 Å². The van der Waals surface area contributed by atoms with Gasteiger partial charge in [-0.1, -0.05) is 6.07 Å². The Morgan fingerprint density at radius 3 is 2.52 bits per heavy atom. The van der Waals surface area contributed by atoms with E-state index >= 15 is 0 Å². The quantitative estimate of drug-likeness (QED) is 0.683. The number of pyridine rings is 1. The molecule has 2 amide bonds. The van der Waals surface area contributed by atoms with Crippen LogP contribution in [0.5, 0.6) is 0 Å². The second-order valence-electron chi connectivity index (χ2n) is 7.35. The van der Waals surface area contributed by atoms with Crippen LogP contribution in [0.2, 0.25) is 0 Å². The summed E-state index contributed by atoms with van der Waals surface area (Å²) in [5, 5.41) is 5.77. The number of carbonyl (C=O) groups is 2. The smallest absolute Gasteiger partial charge is 0.233 e. The number of hydrogen-bond acceptors (Lipinski definition) is 5. The summed E-state index contributed by atoms with van der Waals surface area (Å²) in [5.74, 6) is -0.0201. The van der Waals surface area contributed by atoms with E-state index in [-0.39, 0.29) is 23.1 Å². The van der Waals surface area contributed by atoms with Crippen molar-refractivity contribution in [3.05, 3.63) is 54.4 Å². The number of piperidine rings is 1. The molecule has 29 heavy (non-hydrogen) atoms. The van der Waals surface area contributed by atoms with Gasteiger partial charge in [0.15, 0.2) is 0 Å². The molecule has 1 aliphatic rings. The first-order valence-corrected chi connectivity index (χ1v) is 10.8. The third-order valence-corrected chi connectivity index (χ3v) is 6.01. The van der Waals surface area contributed by atoms with Gasteiger partial charge in [0, 0.05) is 49.4 Å². The lowest BCUT2D eigenvalue weighted by Gasteiger charge is -2.32. The Kier molecular flexibility index (Phi) is 7.66. The van der Waals surface area contributed by atoms with Gasteiger partial charge in [-0.25, -0.2) is 0 Å². The number of rotatable bonds is 7. The van der Waals surface area contributed by atoms with Crippen molar-refractivity contribution < 1.29 is 9.59 Å². The van der Waals surface area contributed by atoms with Crippen LogP contribution in [0.3, 0.4) is 0 Å². The molecule has 0 aliphatic carbocycles. The molecule has 0 radical (unpaired) electrons. The van der Waals surface area contributed by atoms with Crippen molar-refractivity contribution >= 4 is 29.3 Å². The molecule has 1 fully saturated rings. The summed E-state index contributed by atoms with van der Waals surface area (Å²) in [5.41, 5.74) is 1.85. The van der Waals surface area contributed by atoms with E-state index in [4.69, 9.17) is 0 Å². The number of thioether (sulfide) groups is 1. The fourth-order valence-electron chi connectivity index (χ4n) is 3.35. The Balaban J connectivity index is 1.41. The fourth-order valence-corrected chi connectivity index (χ4v) is 4.23. The van der Waals surface area contributed by atoms with Gasteiger partial charge < -0.3 is 10.6 Å². The molecular weight excluding hydrogens is 384 g/mol. The normalized spacial score (nSPS) is 16.2. The van der Waals surface area contributed by atoms with Gasteiger partial charge in [-0.15, -0.1) is 11.8 Å². The first kappa shape index (κ1) is 21.3. The minimum Gasteiger partial charge on any atom is -0.352 e. The molecule has 0 bridgehead atoms. The van der Waals surface area contributed by atoms with E-state index < -0.39 is 0 Å². The van der Waals surface area contributed by atoms with Gasteiger partial charge in [-0.2, -0.15) is 0 Å². The number of aromatic nitrogens is 1. The predicted molar refractivity (Wildman–Crippen MR) is 117 cm³/mol. The molecule has 2 N–H and O–H groups in total. The van der Waals surface area contributed by atoms with Crippen molar-refractivity contribution in [2.45, 2.75) is 49.4 Å². The molecule has 6 nitrogen and oxygen atoms in total. The molecule has 0 spiro atoms. The first-order valence-electron chi connectivity index (χ1n) is 9.96. The molecule has 1 aromatic heterocycles. The minimum atomic E-state index is -0.173. The topological polar surface area (TPSA) is 74.3 Å². The van der Waals surface area contributed by atoms with E-state index in [1.54, 1.807) is 0 Å². The van der Waals surface area contributed by atoms with E-state index in [0.717, 1.165) is 48.8 Å². The highest BCUT2D eigenvalue weighted by Crippen LogP contribution is 2.25. The van der Waals surface area contributed by atoms with Crippen LogP contribution in [0, 0.1) is 0 Å². The van der Waals surface area contributed by atoms with E-state index in [0.29, 0.717) is 0 Å². The van der Waals surface area contributed by atoms with Crippen molar-refractivity contribution in [1.29, 1.82) is 0 Å². The van der Waals surface area contributed by atoms with Gasteiger partial charge >= 0.3 is 0 Å². The Morgan fingerprint density at radius 2 is 1.90 bits per heavy atom. The average Bonchev–Trinajstić information content (AvgIpc) is 2.71. The van der Waals surface area contributed by atoms with Crippen LogP contribution in [-0.4, -0.2) is 46.1 Å². The zero-order chi connectivity index (χ0) is 20.6. The molecule has 0 saturated carbocycles. The van der Waals surface area contributed by atoms with Crippen molar-refractivity contribution in [3.8, 4) is 0 Å². The van der Waals surface area contributed by atoms with Crippen LogP contribution >= 0.6 is 11.8 Å². The van der Waals surface area contributed by atoms with Gasteiger partial charge in [0.05, 0.1) is 10.9 Å². The Morgan fingerprint density at radius 1 is 1.17 bits per heavy atom. The number of benzene rings is 1. The number of nitrogens with zero attached hydrogens (tertiary/aromatic N) is 2. The van der Waals surface area contributed by atoms with Crippen molar-refractivity contribution in [2.75, 3.05) is 18.4 Å². The van der Waals surface area contributed by atoms with Gasteiger partial charge in [-0.05, 0) is 56.2 Å². The van der Waals surface area contributed by atoms with Crippen LogP contribution in [0.15, 0.2) is 53.6 Å². The molecule has 1 saturated heterocycles. The number of anilines is 1. The third-order valence-electron chi connectivity index (χ3n) is 4.90. The maximum Gasteiger partial charge on any atom is 0.233 e. The molecule has 1 aliphatic heterocycles. The highest BCUT2D eigenvalue weighted by Gasteiger charge is 2.23. The number of carbonyl (C=O) groups excluding carboxylic acids is 2.